The van der Waals surface area contributed by atoms with Crippen LogP contribution in [0.5, 0.6) is 11.5 Å². The van der Waals surface area contributed by atoms with Crippen LogP contribution in [0.25, 0.3) is 0 Å². The van der Waals surface area contributed by atoms with Crippen LogP contribution in [0.3, 0.4) is 0 Å². The molecule has 1 aromatic rings. The number of carbonyl (C=O) groups is 1. The Morgan fingerprint density at radius 1 is 1.50 bits per heavy atom. The van der Waals surface area contributed by atoms with Gasteiger partial charge in [0.25, 0.3) is 0 Å². The minimum absolute atomic E-state index is 0.0612. The van der Waals surface area contributed by atoms with Crippen molar-refractivity contribution in [2.24, 2.45) is 5.92 Å². The summed E-state index contributed by atoms with van der Waals surface area (Å²) in [5.41, 5.74) is 0.646. The normalized spacial score (nSPS) is 18.9. The summed E-state index contributed by atoms with van der Waals surface area (Å²) < 4.78 is 11.0. The van der Waals surface area contributed by atoms with E-state index in [0.717, 1.165) is 12.2 Å². The van der Waals surface area contributed by atoms with Gasteiger partial charge in [-0.25, -0.2) is 0 Å². The van der Waals surface area contributed by atoms with Crippen molar-refractivity contribution in [1.29, 1.82) is 0 Å². The number of Topliss-reactive ketones (excluding diaryl/α,β-unsaturated/α-hetero) is 1. The van der Waals surface area contributed by atoms with Crippen LogP contribution in [-0.4, -0.2) is 19.0 Å². The fraction of sp³-hybridized carbons (Fsp3) is 0.462. The first-order valence-corrected chi connectivity index (χ1v) is 5.66. The number of rotatable bonds is 3. The van der Waals surface area contributed by atoms with Crippen molar-refractivity contribution >= 4 is 5.78 Å². The molecule has 1 unspecified atom stereocenters. The predicted molar refractivity (Wildman–Crippen MR) is 61.2 cm³/mol. The zero-order valence-corrected chi connectivity index (χ0v) is 9.66. The zero-order chi connectivity index (χ0) is 11.5. The van der Waals surface area contributed by atoms with Gasteiger partial charge in [0.2, 0.25) is 0 Å². The molecule has 0 radical (unpaired) electrons. The van der Waals surface area contributed by atoms with Crippen LogP contribution in [0.15, 0.2) is 18.2 Å². The van der Waals surface area contributed by atoms with E-state index in [0.29, 0.717) is 24.5 Å². The molecule has 1 atom stereocenters. The Bertz CT molecular complexity index is 398. The third kappa shape index (κ3) is 2.03. The fourth-order valence-electron chi connectivity index (χ4n) is 1.69. The minimum atomic E-state index is -0.0612. The average molecular weight is 220 g/mol. The van der Waals surface area contributed by atoms with Gasteiger partial charge >= 0.3 is 0 Å². The Kier molecular flexibility index (Phi) is 3.13. The summed E-state index contributed by atoms with van der Waals surface area (Å²) in [7, 11) is 0. The first-order valence-electron chi connectivity index (χ1n) is 5.66. The molecule has 16 heavy (non-hydrogen) atoms. The van der Waals surface area contributed by atoms with E-state index in [9.17, 15) is 4.79 Å². The van der Waals surface area contributed by atoms with E-state index in [1.54, 1.807) is 6.07 Å². The molecular weight excluding hydrogens is 204 g/mol. The highest BCUT2D eigenvalue weighted by molar-refractivity contribution is 6.01. The van der Waals surface area contributed by atoms with Gasteiger partial charge in [0.05, 0.1) is 24.7 Å². The van der Waals surface area contributed by atoms with E-state index in [1.807, 2.05) is 19.1 Å². The van der Waals surface area contributed by atoms with Gasteiger partial charge in [-0.2, -0.15) is 0 Å². The lowest BCUT2D eigenvalue weighted by Crippen LogP contribution is -2.25. The molecule has 0 saturated carbocycles. The molecule has 1 aromatic carbocycles. The van der Waals surface area contributed by atoms with Crippen molar-refractivity contribution in [2.45, 2.75) is 20.3 Å². The Morgan fingerprint density at radius 2 is 2.31 bits per heavy atom. The number of benzene rings is 1. The van der Waals surface area contributed by atoms with E-state index in [1.165, 1.54) is 0 Å². The van der Waals surface area contributed by atoms with E-state index >= 15 is 0 Å². The summed E-state index contributed by atoms with van der Waals surface area (Å²) in [4.78, 5) is 11.9. The molecule has 0 spiro atoms. The van der Waals surface area contributed by atoms with Crippen molar-refractivity contribution < 1.29 is 14.3 Å². The number of carbonyl (C=O) groups excluding carboxylic acids is 1. The molecule has 1 heterocycles. The minimum Gasteiger partial charge on any atom is -0.494 e. The number of hydrogen-bond donors (Lipinski definition) is 0. The monoisotopic (exact) mass is 220 g/mol. The first kappa shape index (κ1) is 11.0. The van der Waals surface area contributed by atoms with Crippen molar-refractivity contribution in [3.05, 3.63) is 23.8 Å². The Labute approximate surface area is 95.4 Å². The van der Waals surface area contributed by atoms with Crippen LogP contribution in [0.2, 0.25) is 0 Å². The maximum atomic E-state index is 11.9. The van der Waals surface area contributed by atoms with Crippen molar-refractivity contribution in [1.82, 2.24) is 0 Å². The van der Waals surface area contributed by atoms with Crippen LogP contribution in [0.4, 0.5) is 0 Å². The predicted octanol–water partition coefficient (Wildman–Crippen LogP) is 2.69. The Hall–Kier alpha value is -1.51. The van der Waals surface area contributed by atoms with Gasteiger partial charge in [0, 0.05) is 0 Å². The third-order valence-electron chi connectivity index (χ3n) is 2.63. The van der Waals surface area contributed by atoms with Gasteiger partial charge in [0.1, 0.15) is 11.5 Å². The number of fused-ring (bicyclic) bond motifs is 1. The van der Waals surface area contributed by atoms with Crippen LogP contribution in [0, 0.1) is 5.92 Å². The summed E-state index contributed by atoms with van der Waals surface area (Å²) in [6.07, 6.45) is 0.956. The fourth-order valence-corrected chi connectivity index (χ4v) is 1.69. The maximum Gasteiger partial charge on any atom is 0.172 e. The van der Waals surface area contributed by atoms with Gasteiger partial charge in [-0.1, -0.05) is 13.8 Å². The summed E-state index contributed by atoms with van der Waals surface area (Å²) in [5, 5.41) is 0. The molecule has 0 fully saturated rings. The lowest BCUT2D eigenvalue weighted by Gasteiger charge is -2.21. The third-order valence-corrected chi connectivity index (χ3v) is 2.63. The Balaban J connectivity index is 2.26. The van der Waals surface area contributed by atoms with Gasteiger partial charge < -0.3 is 9.47 Å². The highest BCUT2D eigenvalue weighted by Gasteiger charge is 2.25. The topological polar surface area (TPSA) is 35.5 Å². The number of ketones is 1. The lowest BCUT2D eigenvalue weighted by molar-refractivity contribution is 0.0848. The largest absolute Gasteiger partial charge is 0.494 e. The summed E-state index contributed by atoms with van der Waals surface area (Å²) in [6, 6.07) is 5.44. The molecule has 0 amide bonds. The molecule has 3 nitrogen and oxygen atoms in total. The molecule has 0 bridgehead atoms. The summed E-state index contributed by atoms with van der Waals surface area (Å²) in [5.74, 6) is 1.50. The second kappa shape index (κ2) is 4.56. The molecule has 0 aromatic heterocycles. The van der Waals surface area contributed by atoms with Crippen LogP contribution in [0.1, 0.15) is 30.6 Å². The molecule has 86 valence electrons. The van der Waals surface area contributed by atoms with Gasteiger partial charge in [-0.15, -0.1) is 0 Å². The lowest BCUT2D eigenvalue weighted by atomic mass is 9.96. The van der Waals surface area contributed by atoms with E-state index in [2.05, 4.69) is 6.92 Å². The molecule has 3 heteroatoms. The van der Waals surface area contributed by atoms with Gasteiger partial charge in [0.15, 0.2) is 5.78 Å². The second-order valence-electron chi connectivity index (χ2n) is 4.08. The molecule has 0 saturated heterocycles. The van der Waals surface area contributed by atoms with Gasteiger partial charge in [-0.05, 0) is 24.6 Å². The molecule has 1 aliphatic rings. The van der Waals surface area contributed by atoms with E-state index in [4.69, 9.17) is 9.47 Å². The second-order valence-corrected chi connectivity index (χ2v) is 4.08. The summed E-state index contributed by atoms with van der Waals surface area (Å²) in [6.45, 7) is 5.07. The first-order chi connectivity index (χ1) is 7.72. The van der Waals surface area contributed by atoms with E-state index < -0.39 is 0 Å². The maximum absolute atomic E-state index is 11.9. The summed E-state index contributed by atoms with van der Waals surface area (Å²) >= 11 is 0. The highest BCUT2D eigenvalue weighted by Crippen LogP contribution is 2.30. The smallest absolute Gasteiger partial charge is 0.172 e. The van der Waals surface area contributed by atoms with Crippen molar-refractivity contribution in [3.63, 3.8) is 0 Å². The molecule has 0 aliphatic carbocycles. The number of ether oxygens (including phenoxy) is 2. The van der Waals surface area contributed by atoms with Gasteiger partial charge in [-0.3, -0.25) is 4.79 Å². The number of hydrogen-bond acceptors (Lipinski definition) is 3. The van der Waals surface area contributed by atoms with E-state index in [-0.39, 0.29) is 11.7 Å². The zero-order valence-electron chi connectivity index (χ0n) is 9.66. The Morgan fingerprint density at radius 3 is 3.06 bits per heavy atom. The molecule has 0 N–H and O–H groups in total. The standard InChI is InChI=1S/C13H16O3/c1-3-6-15-10-4-5-12-11(7-10)13(14)9(2)8-16-12/h4-5,7,9H,3,6,8H2,1-2H3. The molecule has 1 aliphatic heterocycles. The quantitative estimate of drug-likeness (QED) is 0.785. The SMILES string of the molecule is CCCOc1ccc2c(c1)C(=O)C(C)CO2. The average Bonchev–Trinajstić information content (AvgIpc) is 2.31. The molecule has 2 rings (SSSR count). The van der Waals surface area contributed by atoms with Crippen LogP contribution in [-0.2, 0) is 0 Å². The van der Waals surface area contributed by atoms with Crippen LogP contribution >= 0.6 is 0 Å². The van der Waals surface area contributed by atoms with Crippen molar-refractivity contribution in [3.8, 4) is 11.5 Å². The van der Waals surface area contributed by atoms with Crippen molar-refractivity contribution in [2.75, 3.05) is 13.2 Å². The molecular formula is C13H16O3. The van der Waals surface area contributed by atoms with Crippen LogP contribution < -0.4 is 9.47 Å². The highest BCUT2D eigenvalue weighted by atomic mass is 16.5.